The summed E-state index contributed by atoms with van der Waals surface area (Å²) in [5, 5.41) is 3.46. The van der Waals surface area contributed by atoms with E-state index < -0.39 is 0 Å². The van der Waals surface area contributed by atoms with Gasteiger partial charge in [-0.2, -0.15) is 0 Å². The van der Waals surface area contributed by atoms with Gasteiger partial charge in [-0.3, -0.25) is 4.79 Å². The Bertz CT molecular complexity index is 231. The van der Waals surface area contributed by atoms with E-state index in [0.717, 1.165) is 13.1 Å². The molecule has 1 unspecified atom stereocenters. The van der Waals surface area contributed by atoms with Crippen LogP contribution in [0.15, 0.2) is 0 Å². The normalized spacial score (nSPS) is 22.5. The van der Waals surface area contributed by atoms with Gasteiger partial charge in [0.15, 0.2) is 0 Å². The molecule has 0 aliphatic carbocycles. The first kappa shape index (κ1) is 14.5. The van der Waals surface area contributed by atoms with Gasteiger partial charge in [0.2, 0.25) is 0 Å². The van der Waals surface area contributed by atoms with E-state index in [1.807, 2.05) is 0 Å². The third-order valence-corrected chi connectivity index (χ3v) is 3.48. The molecular formula is C13H26N2O2. The highest BCUT2D eigenvalue weighted by Crippen LogP contribution is 2.13. The van der Waals surface area contributed by atoms with Crippen LogP contribution >= 0.6 is 0 Å². The number of esters is 1. The molecule has 0 aromatic rings. The van der Waals surface area contributed by atoms with Crippen LogP contribution in [-0.4, -0.2) is 49.7 Å². The Morgan fingerprint density at radius 1 is 1.41 bits per heavy atom. The van der Waals surface area contributed by atoms with Crippen molar-refractivity contribution in [3.63, 3.8) is 0 Å². The van der Waals surface area contributed by atoms with Crippen LogP contribution in [0.3, 0.4) is 0 Å². The zero-order chi connectivity index (χ0) is 12.7. The first-order valence-corrected chi connectivity index (χ1v) is 6.67. The predicted molar refractivity (Wildman–Crippen MR) is 69.0 cm³/mol. The van der Waals surface area contributed by atoms with Gasteiger partial charge in [-0.15, -0.1) is 0 Å². The summed E-state index contributed by atoms with van der Waals surface area (Å²) in [6, 6.07) is 1.20. The fourth-order valence-electron chi connectivity index (χ4n) is 2.32. The van der Waals surface area contributed by atoms with E-state index in [2.05, 4.69) is 28.8 Å². The van der Waals surface area contributed by atoms with Crippen LogP contribution in [-0.2, 0) is 9.53 Å². The van der Waals surface area contributed by atoms with Gasteiger partial charge in [-0.05, 0) is 46.2 Å². The standard InChI is InChI=1S/C13H26N2O2/c1-11(2)15-9-4-5-12(7-10-15)14-8-6-13(16)17-3/h11-12,14H,4-10H2,1-3H3. The minimum atomic E-state index is -0.130. The third kappa shape index (κ3) is 5.50. The molecule has 1 fully saturated rings. The van der Waals surface area contributed by atoms with Gasteiger partial charge in [0.25, 0.3) is 0 Å². The fourth-order valence-corrected chi connectivity index (χ4v) is 2.32. The Labute approximate surface area is 105 Å². The Morgan fingerprint density at radius 3 is 2.82 bits per heavy atom. The Kier molecular flexibility index (Phi) is 6.52. The summed E-state index contributed by atoms with van der Waals surface area (Å²) < 4.78 is 4.63. The predicted octanol–water partition coefficient (Wildman–Crippen LogP) is 1.40. The number of carbonyl (C=O) groups is 1. The molecule has 0 amide bonds. The molecule has 1 aliphatic rings. The van der Waals surface area contributed by atoms with E-state index >= 15 is 0 Å². The van der Waals surface area contributed by atoms with Crippen LogP contribution in [0, 0.1) is 0 Å². The van der Waals surface area contributed by atoms with Crippen LogP contribution in [0.5, 0.6) is 0 Å². The molecule has 0 aromatic carbocycles. The summed E-state index contributed by atoms with van der Waals surface area (Å²) in [7, 11) is 1.44. The number of hydrogen-bond donors (Lipinski definition) is 1. The summed E-state index contributed by atoms with van der Waals surface area (Å²) in [6.45, 7) is 7.61. The number of methoxy groups -OCH3 is 1. The fraction of sp³-hybridized carbons (Fsp3) is 0.923. The molecule has 17 heavy (non-hydrogen) atoms. The van der Waals surface area contributed by atoms with E-state index in [1.54, 1.807) is 0 Å². The maximum Gasteiger partial charge on any atom is 0.306 e. The number of ether oxygens (including phenoxy) is 1. The molecule has 0 bridgehead atoms. The van der Waals surface area contributed by atoms with Gasteiger partial charge in [-0.25, -0.2) is 0 Å². The van der Waals surface area contributed by atoms with Crippen molar-refractivity contribution < 1.29 is 9.53 Å². The minimum Gasteiger partial charge on any atom is -0.469 e. The van der Waals surface area contributed by atoms with Crippen LogP contribution < -0.4 is 5.32 Å². The van der Waals surface area contributed by atoms with Crippen molar-refractivity contribution in [2.75, 3.05) is 26.7 Å². The Hall–Kier alpha value is -0.610. The molecule has 0 spiro atoms. The summed E-state index contributed by atoms with van der Waals surface area (Å²) >= 11 is 0. The molecule has 1 atom stereocenters. The maximum atomic E-state index is 11.0. The summed E-state index contributed by atoms with van der Waals surface area (Å²) in [4.78, 5) is 13.5. The second-order valence-electron chi connectivity index (χ2n) is 5.04. The molecule has 0 aromatic heterocycles. The molecular weight excluding hydrogens is 216 g/mol. The molecule has 4 nitrogen and oxygen atoms in total. The quantitative estimate of drug-likeness (QED) is 0.740. The number of nitrogens with one attached hydrogen (secondary N) is 1. The smallest absolute Gasteiger partial charge is 0.306 e. The number of nitrogens with zero attached hydrogens (tertiary/aromatic N) is 1. The van der Waals surface area contributed by atoms with E-state index in [-0.39, 0.29) is 5.97 Å². The third-order valence-electron chi connectivity index (χ3n) is 3.48. The van der Waals surface area contributed by atoms with Gasteiger partial charge < -0.3 is 15.0 Å². The van der Waals surface area contributed by atoms with Crippen molar-refractivity contribution in [2.45, 2.75) is 51.6 Å². The molecule has 4 heteroatoms. The maximum absolute atomic E-state index is 11.0. The number of hydrogen-bond acceptors (Lipinski definition) is 4. The number of carbonyl (C=O) groups excluding carboxylic acids is 1. The van der Waals surface area contributed by atoms with Crippen molar-refractivity contribution in [3.8, 4) is 0 Å². The van der Waals surface area contributed by atoms with Crippen molar-refractivity contribution in [3.05, 3.63) is 0 Å². The van der Waals surface area contributed by atoms with Gasteiger partial charge in [0.05, 0.1) is 13.5 Å². The highest BCUT2D eigenvalue weighted by Gasteiger charge is 2.18. The number of rotatable bonds is 5. The zero-order valence-corrected chi connectivity index (χ0v) is 11.4. The minimum absolute atomic E-state index is 0.130. The molecule has 1 rings (SSSR count). The zero-order valence-electron chi connectivity index (χ0n) is 11.4. The topological polar surface area (TPSA) is 41.6 Å². The van der Waals surface area contributed by atoms with Gasteiger partial charge in [0.1, 0.15) is 0 Å². The molecule has 1 aliphatic heterocycles. The van der Waals surface area contributed by atoms with E-state index in [0.29, 0.717) is 18.5 Å². The Balaban J connectivity index is 2.20. The van der Waals surface area contributed by atoms with Gasteiger partial charge in [0, 0.05) is 18.6 Å². The van der Waals surface area contributed by atoms with E-state index in [4.69, 9.17) is 0 Å². The first-order chi connectivity index (χ1) is 8.13. The van der Waals surface area contributed by atoms with Gasteiger partial charge >= 0.3 is 5.97 Å². The van der Waals surface area contributed by atoms with Crippen molar-refractivity contribution in [2.24, 2.45) is 0 Å². The van der Waals surface area contributed by atoms with Crippen LogP contribution in [0.2, 0.25) is 0 Å². The lowest BCUT2D eigenvalue weighted by molar-refractivity contribution is -0.140. The molecule has 100 valence electrons. The summed E-state index contributed by atoms with van der Waals surface area (Å²) in [5.74, 6) is -0.130. The van der Waals surface area contributed by atoms with E-state index in [1.165, 1.54) is 32.9 Å². The SMILES string of the molecule is COC(=O)CCNC1CCCN(C(C)C)CC1. The van der Waals surface area contributed by atoms with Crippen molar-refractivity contribution in [1.29, 1.82) is 0 Å². The Morgan fingerprint density at radius 2 is 2.18 bits per heavy atom. The lowest BCUT2D eigenvalue weighted by Crippen LogP contribution is -2.34. The van der Waals surface area contributed by atoms with Gasteiger partial charge in [-0.1, -0.05) is 0 Å². The highest BCUT2D eigenvalue weighted by atomic mass is 16.5. The summed E-state index contributed by atoms with van der Waals surface area (Å²) in [6.07, 6.45) is 4.11. The lowest BCUT2D eigenvalue weighted by atomic mass is 10.1. The lowest BCUT2D eigenvalue weighted by Gasteiger charge is -2.24. The van der Waals surface area contributed by atoms with E-state index in [9.17, 15) is 4.79 Å². The monoisotopic (exact) mass is 242 g/mol. The molecule has 1 saturated heterocycles. The highest BCUT2D eigenvalue weighted by molar-refractivity contribution is 5.69. The van der Waals surface area contributed by atoms with Crippen LogP contribution in [0.25, 0.3) is 0 Å². The first-order valence-electron chi connectivity index (χ1n) is 6.67. The molecule has 1 heterocycles. The largest absolute Gasteiger partial charge is 0.469 e. The van der Waals surface area contributed by atoms with Crippen LogP contribution in [0.4, 0.5) is 0 Å². The average Bonchev–Trinajstić information content (AvgIpc) is 2.54. The molecule has 0 radical (unpaired) electrons. The van der Waals surface area contributed by atoms with Crippen LogP contribution in [0.1, 0.15) is 39.5 Å². The second kappa shape index (κ2) is 7.67. The second-order valence-corrected chi connectivity index (χ2v) is 5.04. The van der Waals surface area contributed by atoms with Crippen molar-refractivity contribution >= 4 is 5.97 Å². The average molecular weight is 242 g/mol. The molecule has 1 N–H and O–H groups in total. The van der Waals surface area contributed by atoms with Crippen molar-refractivity contribution in [1.82, 2.24) is 10.2 Å². The number of likely N-dealkylation sites (tertiary alicyclic amines) is 1. The molecule has 0 saturated carbocycles. The summed E-state index contributed by atoms with van der Waals surface area (Å²) in [5.41, 5.74) is 0.